The first-order valence-electron chi connectivity index (χ1n) is 11.2. The van der Waals surface area contributed by atoms with E-state index in [1.54, 1.807) is 31.2 Å². The van der Waals surface area contributed by atoms with Crippen molar-refractivity contribution in [2.24, 2.45) is 5.92 Å². The van der Waals surface area contributed by atoms with E-state index >= 15 is 0 Å². The number of nitrogens with one attached hydrogen (secondary N) is 2. The molecule has 4 rings (SSSR count). The molecule has 3 aromatic carbocycles. The first kappa shape index (κ1) is 23.6. The molecule has 0 saturated heterocycles. The molecular weight excluding hydrogens is 448 g/mol. The highest BCUT2D eigenvalue weighted by atomic mass is 32.2. The molecule has 174 valence electrons. The van der Waals surface area contributed by atoms with E-state index in [9.17, 15) is 14.4 Å². The van der Waals surface area contributed by atoms with Gasteiger partial charge in [0, 0.05) is 22.2 Å². The zero-order chi connectivity index (χ0) is 23.9. The average Bonchev–Trinajstić information content (AvgIpc) is 3.70. The maximum absolute atomic E-state index is 13.3. The number of thioether (sulfide) groups is 1. The Morgan fingerprint density at radius 1 is 0.912 bits per heavy atom. The lowest BCUT2D eigenvalue weighted by molar-refractivity contribution is -0.117. The van der Waals surface area contributed by atoms with Gasteiger partial charge in [0.15, 0.2) is 0 Å². The maximum atomic E-state index is 13.3. The smallest absolute Gasteiger partial charge is 0.338 e. The Balaban J connectivity index is 1.50. The molecule has 0 aromatic heterocycles. The number of benzene rings is 3. The highest BCUT2D eigenvalue weighted by Gasteiger charge is 2.29. The van der Waals surface area contributed by atoms with Crippen LogP contribution >= 0.6 is 11.8 Å². The molecule has 1 unspecified atom stereocenters. The maximum Gasteiger partial charge on any atom is 0.338 e. The predicted octanol–water partition coefficient (Wildman–Crippen LogP) is 5.68. The number of carbonyl (C=O) groups is 3. The molecule has 1 aliphatic carbocycles. The summed E-state index contributed by atoms with van der Waals surface area (Å²) in [6, 6.07) is 23.7. The minimum atomic E-state index is -0.514. The normalized spacial score (nSPS) is 13.6. The highest BCUT2D eigenvalue weighted by Crippen LogP contribution is 2.37. The van der Waals surface area contributed by atoms with Crippen LogP contribution in [0, 0.1) is 5.92 Å². The van der Waals surface area contributed by atoms with Crippen LogP contribution in [-0.2, 0) is 14.3 Å². The molecule has 1 aliphatic rings. The van der Waals surface area contributed by atoms with Gasteiger partial charge in [-0.15, -0.1) is 11.8 Å². The number of amides is 2. The lowest BCUT2D eigenvalue weighted by atomic mass is 10.1. The fraction of sp³-hybridized carbons (Fsp3) is 0.222. The summed E-state index contributed by atoms with van der Waals surface area (Å²) >= 11 is 1.41. The van der Waals surface area contributed by atoms with Gasteiger partial charge >= 0.3 is 5.97 Å². The molecular formula is C27H26N2O4S. The van der Waals surface area contributed by atoms with Crippen molar-refractivity contribution in [3.63, 3.8) is 0 Å². The van der Waals surface area contributed by atoms with Crippen molar-refractivity contribution in [1.29, 1.82) is 0 Å². The van der Waals surface area contributed by atoms with E-state index in [4.69, 9.17) is 4.74 Å². The van der Waals surface area contributed by atoms with Gasteiger partial charge in [0.2, 0.25) is 11.8 Å². The number of hydrogen-bond donors (Lipinski definition) is 2. The zero-order valence-electron chi connectivity index (χ0n) is 18.8. The van der Waals surface area contributed by atoms with Crippen molar-refractivity contribution in [3.8, 4) is 0 Å². The molecule has 2 amide bonds. The molecule has 0 bridgehead atoms. The number of carbonyl (C=O) groups excluding carboxylic acids is 3. The Labute approximate surface area is 203 Å². The van der Waals surface area contributed by atoms with Crippen molar-refractivity contribution in [2.45, 2.75) is 29.9 Å². The highest BCUT2D eigenvalue weighted by molar-refractivity contribution is 8.00. The van der Waals surface area contributed by atoms with Gasteiger partial charge in [-0.25, -0.2) is 4.79 Å². The van der Waals surface area contributed by atoms with E-state index in [-0.39, 0.29) is 17.7 Å². The molecule has 0 heterocycles. The van der Waals surface area contributed by atoms with Gasteiger partial charge in [-0.05, 0) is 67.8 Å². The van der Waals surface area contributed by atoms with Crippen molar-refractivity contribution in [3.05, 3.63) is 90.0 Å². The van der Waals surface area contributed by atoms with E-state index in [1.165, 1.54) is 11.8 Å². The van der Waals surface area contributed by atoms with E-state index in [0.29, 0.717) is 17.9 Å². The van der Waals surface area contributed by atoms with Crippen LogP contribution in [0.5, 0.6) is 0 Å². The Morgan fingerprint density at radius 2 is 1.65 bits per heavy atom. The van der Waals surface area contributed by atoms with Gasteiger partial charge in [0.1, 0.15) is 5.25 Å². The van der Waals surface area contributed by atoms with E-state index in [2.05, 4.69) is 10.6 Å². The number of ether oxygens (including phenoxy) is 1. The summed E-state index contributed by atoms with van der Waals surface area (Å²) in [5.74, 6) is -0.417. The third-order valence-electron chi connectivity index (χ3n) is 5.31. The topological polar surface area (TPSA) is 84.5 Å². The van der Waals surface area contributed by atoms with Gasteiger partial charge in [0.05, 0.1) is 12.2 Å². The molecule has 0 radical (unpaired) electrons. The lowest BCUT2D eigenvalue weighted by Crippen LogP contribution is -2.19. The standard InChI is InChI=1S/C27H26N2O4S/c1-2-33-27(32)20-13-15-21(16-14-20)28-26(31)24(18-7-4-3-5-8-18)34-23-10-6-9-22(17-23)29-25(30)19-11-12-19/h3-10,13-17,19,24H,2,11-12H2,1H3,(H,28,31)(H,29,30). The Kier molecular flexibility index (Phi) is 7.65. The molecule has 7 heteroatoms. The summed E-state index contributed by atoms with van der Waals surface area (Å²) in [7, 11) is 0. The lowest BCUT2D eigenvalue weighted by Gasteiger charge is -2.18. The van der Waals surface area contributed by atoms with Gasteiger partial charge in [-0.3, -0.25) is 9.59 Å². The molecule has 1 saturated carbocycles. The van der Waals surface area contributed by atoms with Gasteiger partial charge in [0.25, 0.3) is 0 Å². The van der Waals surface area contributed by atoms with E-state index < -0.39 is 11.2 Å². The molecule has 1 fully saturated rings. The van der Waals surface area contributed by atoms with Crippen molar-refractivity contribution < 1.29 is 19.1 Å². The van der Waals surface area contributed by atoms with Gasteiger partial charge < -0.3 is 15.4 Å². The first-order valence-corrected chi connectivity index (χ1v) is 12.1. The summed E-state index contributed by atoms with van der Waals surface area (Å²) in [5.41, 5.74) is 2.60. The minimum Gasteiger partial charge on any atom is -0.462 e. The first-order chi connectivity index (χ1) is 16.5. The number of anilines is 2. The quantitative estimate of drug-likeness (QED) is 0.308. The SMILES string of the molecule is CCOC(=O)c1ccc(NC(=O)C(Sc2cccc(NC(=O)C3CC3)c2)c2ccccc2)cc1. The van der Waals surface area contributed by atoms with Crippen molar-refractivity contribution >= 4 is 40.9 Å². The van der Waals surface area contributed by atoms with Crippen LogP contribution < -0.4 is 10.6 Å². The molecule has 6 nitrogen and oxygen atoms in total. The van der Waals surface area contributed by atoms with Gasteiger partial charge in [-0.1, -0.05) is 36.4 Å². The second-order valence-electron chi connectivity index (χ2n) is 7.99. The Hall–Kier alpha value is -3.58. The molecule has 3 aromatic rings. The Bertz CT molecular complexity index is 1160. The largest absolute Gasteiger partial charge is 0.462 e. The van der Waals surface area contributed by atoms with Crippen LogP contribution in [0.25, 0.3) is 0 Å². The van der Waals surface area contributed by atoms with Gasteiger partial charge in [-0.2, -0.15) is 0 Å². The second-order valence-corrected chi connectivity index (χ2v) is 9.17. The van der Waals surface area contributed by atoms with Crippen LogP contribution in [0.4, 0.5) is 11.4 Å². The van der Waals surface area contributed by atoms with E-state index in [1.807, 2.05) is 54.6 Å². The average molecular weight is 475 g/mol. The van der Waals surface area contributed by atoms with Crippen LogP contribution in [0.3, 0.4) is 0 Å². The molecule has 1 atom stereocenters. The summed E-state index contributed by atoms with van der Waals surface area (Å²) in [4.78, 5) is 38.2. The van der Waals surface area contributed by atoms with Crippen LogP contribution in [0.2, 0.25) is 0 Å². The number of esters is 1. The van der Waals surface area contributed by atoms with Crippen LogP contribution in [0.1, 0.15) is 40.9 Å². The summed E-state index contributed by atoms with van der Waals surface area (Å²) < 4.78 is 5.01. The molecule has 0 aliphatic heterocycles. The van der Waals surface area contributed by atoms with Crippen LogP contribution in [-0.4, -0.2) is 24.4 Å². The summed E-state index contributed by atoms with van der Waals surface area (Å²) in [6.45, 7) is 2.06. The summed E-state index contributed by atoms with van der Waals surface area (Å²) in [6.07, 6.45) is 1.88. The zero-order valence-corrected chi connectivity index (χ0v) is 19.6. The third kappa shape index (κ3) is 6.26. The Morgan fingerprint density at radius 3 is 2.32 bits per heavy atom. The third-order valence-corrected chi connectivity index (χ3v) is 6.56. The van der Waals surface area contributed by atoms with E-state index in [0.717, 1.165) is 29.0 Å². The van der Waals surface area contributed by atoms with Crippen LogP contribution in [0.15, 0.2) is 83.8 Å². The fourth-order valence-corrected chi connectivity index (χ4v) is 4.47. The molecule has 2 N–H and O–H groups in total. The summed E-state index contributed by atoms with van der Waals surface area (Å²) in [5, 5.41) is 5.39. The van der Waals surface area contributed by atoms with Crippen molar-refractivity contribution in [2.75, 3.05) is 17.2 Å². The predicted molar refractivity (Wildman–Crippen MR) is 134 cm³/mol. The molecule has 0 spiro atoms. The molecule has 34 heavy (non-hydrogen) atoms. The number of rotatable bonds is 9. The fourth-order valence-electron chi connectivity index (χ4n) is 3.39. The monoisotopic (exact) mass is 474 g/mol. The van der Waals surface area contributed by atoms with Crippen molar-refractivity contribution in [1.82, 2.24) is 0 Å². The second kappa shape index (κ2) is 11.0. The number of hydrogen-bond acceptors (Lipinski definition) is 5. The minimum absolute atomic E-state index is 0.0470.